The molecule has 1 amide bonds. The van der Waals surface area contributed by atoms with Gasteiger partial charge in [0, 0.05) is 60.3 Å². The summed E-state index contributed by atoms with van der Waals surface area (Å²) in [6.07, 6.45) is 1.62. The Bertz CT molecular complexity index is 1030. The molecule has 1 N–H and O–H groups in total. The minimum Gasteiger partial charge on any atom is -0.493 e. The van der Waals surface area contributed by atoms with Crippen LogP contribution in [-0.2, 0) is 4.79 Å². The van der Waals surface area contributed by atoms with Crippen molar-refractivity contribution in [3.63, 3.8) is 0 Å². The molecule has 1 saturated heterocycles. The molecule has 0 radical (unpaired) electrons. The molecule has 1 aliphatic rings. The third kappa shape index (κ3) is 5.46. The minimum absolute atomic E-state index is 0. The number of benzene rings is 2. The third-order valence-electron chi connectivity index (χ3n) is 5.74. The van der Waals surface area contributed by atoms with Crippen LogP contribution in [0.2, 0.25) is 0 Å². The van der Waals surface area contributed by atoms with Crippen molar-refractivity contribution in [2.24, 2.45) is 0 Å². The van der Waals surface area contributed by atoms with E-state index in [4.69, 9.17) is 9.47 Å². The zero-order chi connectivity index (χ0) is 21.6. The number of nitrogens with one attached hydrogen (secondary N) is 1. The first-order valence-electron chi connectivity index (χ1n) is 10.6. The van der Waals surface area contributed by atoms with Gasteiger partial charge in [-0.15, -0.1) is 23.7 Å². The Morgan fingerprint density at radius 1 is 1.16 bits per heavy atom. The standard InChI is InChI=1S/C24H29N3O3S.ClH/c1-18-15-19(25-17-28)16-22(29-2)24(18)30-13-4-8-26-9-11-27(12-10-26)21-5-3-6-23-20(21)7-14-31-23;/h3,5-7,14-17H,4,8-13H2,1-2H3,(H,25,28);1H. The lowest BCUT2D eigenvalue weighted by molar-refractivity contribution is -0.105. The van der Waals surface area contributed by atoms with E-state index in [2.05, 4.69) is 44.8 Å². The van der Waals surface area contributed by atoms with Gasteiger partial charge in [-0.3, -0.25) is 9.69 Å². The summed E-state index contributed by atoms with van der Waals surface area (Å²) in [7, 11) is 1.61. The number of rotatable bonds is 9. The second-order valence-corrected chi connectivity index (χ2v) is 8.67. The van der Waals surface area contributed by atoms with E-state index in [0.29, 0.717) is 24.5 Å². The van der Waals surface area contributed by atoms with Gasteiger partial charge in [0.15, 0.2) is 11.5 Å². The number of carbonyl (C=O) groups is 1. The molecule has 0 aliphatic carbocycles. The predicted octanol–water partition coefficient (Wildman–Crippen LogP) is 4.80. The van der Waals surface area contributed by atoms with E-state index in [1.807, 2.05) is 13.0 Å². The molecule has 2 aromatic carbocycles. The quantitative estimate of drug-likeness (QED) is 0.356. The summed E-state index contributed by atoms with van der Waals surface area (Å²) in [5.41, 5.74) is 3.00. The van der Waals surface area contributed by atoms with Crippen molar-refractivity contribution >= 4 is 51.6 Å². The molecular formula is C24H30ClN3O3S. The van der Waals surface area contributed by atoms with E-state index in [9.17, 15) is 4.79 Å². The van der Waals surface area contributed by atoms with E-state index in [0.717, 1.165) is 50.5 Å². The number of amides is 1. The zero-order valence-corrected chi connectivity index (χ0v) is 20.1. The van der Waals surface area contributed by atoms with Crippen molar-refractivity contribution in [1.29, 1.82) is 0 Å². The number of nitrogens with zero attached hydrogens (tertiary/aromatic N) is 2. The highest BCUT2D eigenvalue weighted by Gasteiger charge is 2.19. The molecule has 172 valence electrons. The monoisotopic (exact) mass is 475 g/mol. The largest absolute Gasteiger partial charge is 0.493 e. The second kappa shape index (κ2) is 11.4. The van der Waals surface area contributed by atoms with Crippen LogP contribution < -0.4 is 19.7 Å². The number of anilines is 2. The van der Waals surface area contributed by atoms with E-state index >= 15 is 0 Å². The summed E-state index contributed by atoms with van der Waals surface area (Å²) in [6, 6.07) is 12.5. The van der Waals surface area contributed by atoms with Gasteiger partial charge < -0.3 is 19.7 Å². The van der Waals surface area contributed by atoms with Crippen LogP contribution in [0.25, 0.3) is 10.1 Å². The fourth-order valence-electron chi connectivity index (χ4n) is 4.16. The molecule has 2 heterocycles. The van der Waals surface area contributed by atoms with Crippen LogP contribution in [0.5, 0.6) is 11.5 Å². The van der Waals surface area contributed by atoms with Gasteiger partial charge in [-0.25, -0.2) is 0 Å². The maximum absolute atomic E-state index is 10.7. The minimum atomic E-state index is 0. The number of thiophene rings is 1. The van der Waals surface area contributed by atoms with Gasteiger partial charge in [0.1, 0.15) is 0 Å². The molecule has 3 aromatic rings. The summed E-state index contributed by atoms with van der Waals surface area (Å²) in [6.45, 7) is 7.83. The lowest BCUT2D eigenvalue weighted by Crippen LogP contribution is -2.46. The number of halogens is 1. The van der Waals surface area contributed by atoms with Crippen LogP contribution in [0, 0.1) is 6.92 Å². The van der Waals surface area contributed by atoms with Crippen LogP contribution >= 0.6 is 23.7 Å². The summed E-state index contributed by atoms with van der Waals surface area (Å²) in [5.74, 6) is 1.38. The number of aryl methyl sites for hydroxylation is 1. The summed E-state index contributed by atoms with van der Waals surface area (Å²) >= 11 is 1.81. The normalized spacial score (nSPS) is 14.1. The maximum atomic E-state index is 10.7. The molecule has 0 saturated carbocycles. The number of hydrogen-bond donors (Lipinski definition) is 1. The Labute approximate surface area is 199 Å². The number of hydrogen-bond acceptors (Lipinski definition) is 6. The fraction of sp³-hybridized carbons (Fsp3) is 0.375. The summed E-state index contributed by atoms with van der Waals surface area (Å²) < 4.78 is 12.8. The smallest absolute Gasteiger partial charge is 0.211 e. The highest BCUT2D eigenvalue weighted by molar-refractivity contribution is 7.17. The molecule has 32 heavy (non-hydrogen) atoms. The molecule has 0 spiro atoms. The van der Waals surface area contributed by atoms with Crippen LogP contribution in [0.3, 0.4) is 0 Å². The Kier molecular flexibility index (Phi) is 8.61. The van der Waals surface area contributed by atoms with Gasteiger partial charge in [-0.05, 0) is 48.6 Å². The molecular weight excluding hydrogens is 446 g/mol. The molecule has 1 aromatic heterocycles. The van der Waals surface area contributed by atoms with E-state index in [-0.39, 0.29) is 12.4 Å². The van der Waals surface area contributed by atoms with E-state index < -0.39 is 0 Å². The molecule has 6 nitrogen and oxygen atoms in total. The van der Waals surface area contributed by atoms with Crippen LogP contribution in [0.4, 0.5) is 11.4 Å². The maximum Gasteiger partial charge on any atom is 0.211 e. The lowest BCUT2D eigenvalue weighted by Gasteiger charge is -2.36. The topological polar surface area (TPSA) is 54.0 Å². The average molecular weight is 476 g/mol. The fourth-order valence-corrected chi connectivity index (χ4v) is 4.97. The molecule has 1 fully saturated rings. The van der Waals surface area contributed by atoms with Crippen LogP contribution in [0.15, 0.2) is 41.8 Å². The van der Waals surface area contributed by atoms with Crippen molar-refractivity contribution in [2.75, 3.05) is 56.7 Å². The number of fused-ring (bicyclic) bond motifs is 1. The van der Waals surface area contributed by atoms with Crippen molar-refractivity contribution in [1.82, 2.24) is 4.90 Å². The summed E-state index contributed by atoms with van der Waals surface area (Å²) in [5, 5.41) is 6.20. The second-order valence-electron chi connectivity index (χ2n) is 7.73. The molecule has 1 aliphatic heterocycles. The van der Waals surface area contributed by atoms with Gasteiger partial charge in [0.2, 0.25) is 6.41 Å². The van der Waals surface area contributed by atoms with Gasteiger partial charge in [-0.2, -0.15) is 0 Å². The van der Waals surface area contributed by atoms with Crippen molar-refractivity contribution in [2.45, 2.75) is 13.3 Å². The first-order chi connectivity index (χ1) is 15.2. The highest BCUT2D eigenvalue weighted by atomic mass is 35.5. The van der Waals surface area contributed by atoms with Crippen molar-refractivity contribution in [3.05, 3.63) is 47.3 Å². The SMILES string of the molecule is COc1cc(NC=O)cc(C)c1OCCCN1CCN(c2cccc3sccc23)CC1.Cl. The Morgan fingerprint density at radius 2 is 1.97 bits per heavy atom. The molecule has 8 heteroatoms. The number of ether oxygens (including phenoxy) is 2. The number of carbonyl (C=O) groups excluding carboxylic acids is 1. The zero-order valence-electron chi connectivity index (χ0n) is 18.5. The third-order valence-corrected chi connectivity index (χ3v) is 6.62. The van der Waals surface area contributed by atoms with Gasteiger partial charge in [-0.1, -0.05) is 6.07 Å². The van der Waals surface area contributed by atoms with Crippen molar-refractivity contribution < 1.29 is 14.3 Å². The van der Waals surface area contributed by atoms with E-state index in [1.54, 1.807) is 24.5 Å². The Hall–Kier alpha value is -2.48. The Morgan fingerprint density at radius 3 is 2.72 bits per heavy atom. The highest BCUT2D eigenvalue weighted by Crippen LogP contribution is 2.34. The predicted molar refractivity (Wildman–Crippen MR) is 135 cm³/mol. The summed E-state index contributed by atoms with van der Waals surface area (Å²) in [4.78, 5) is 15.7. The van der Waals surface area contributed by atoms with Crippen molar-refractivity contribution in [3.8, 4) is 11.5 Å². The molecule has 4 rings (SSSR count). The first-order valence-corrected chi connectivity index (χ1v) is 11.5. The average Bonchev–Trinajstić information content (AvgIpc) is 3.27. The molecule has 0 atom stereocenters. The van der Waals surface area contributed by atoms with Gasteiger partial charge in [0.05, 0.1) is 13.7 Å². The number of methoxy groups -OCH3 is 1. The Balaban J connectivity index is 0.00000289. The van der Waals surface area contributed by atoms with E-state index in [1.165, 1.54) is 15.8 Å². The van der Waals surface area contributed by atoms with Crippen LogP contribution in [0.1, 0.15) is 12.0 Å². The van der Waals surface area contributed by atoms with Crippen LogP contribution in [-0.4, -0.2) is 57.8 Å². The first kappa shape index (κ1) is 24.2. The number of piperazine rings is 1. The lowest BCUT2D eigenvalue weighted by atomic mass is 10.1. The molecule has 0 unspecified atom stereocenters. The molecule has 0 bridgehead atoms. The van der Waals surface area contributed by atoms with Gasteiger partial charge >= 0.3 is 0 Å². The van der Waals surface area contributed by atoms with Gasteiger partial charge in [0.25, 0.3) is 0 Å².